The van der Waals surface area contributed by atoms with Gasteiger partial charge >= 0.3 is 0 Å². The maximum absolute atomic E-state index is 2.62. The van der Waals surface area contributed by atoms with E-state index >= 15 is 0 Å². The highest BCUT2D eigenvalue weighted by Crippen LogP contribution is 2.67. The van der Waals surface area contributed by atoms with E-state index < -0.39 is 10.8 Å². The van der Waals surface area contributed by atoms with Crippen molar-refractivity contribution in [2.45, 2.75) is 10.8 Å². The zero-order valence-corrected chi connectivity index (χ0v) is 43.6. The second-order valence-corrected chi connectivity index (χ2v) is 22.1. The van der Waals surface area contributed by atoms with Crippen molar-refractivity contribution in [1.82, 2.24) is 4.57 Å². The summed E-state index contributed by atoms with van der Waals surface area (Å²) in [7, 11) is 0. The molecule has 0 bridgehead atoms. The summed E-state index contributed by atoms with van der Waals surface area (Å²) < 4.78 is 2.54. The lowest BCUT2D eigenvalue weighted by Gasteiger charge is -2.39. The smallest absolute Gasteiger partial charge is 0.0755 e. The van der Waals surface area contributed by atoms with Gasteiger partial charge in [-0.25, -0.2) is 0 Å². The van der Waals surface area contributed by atoms with Crippen molar-refractivity contribution in [3.8, 4) is 61.3 Å². The second kappa shape index (κ2) is 16.1. The minimum atomic E-state index is -0.618. The van der Waals surface area contributed by atoms with Crippen molar-refractivity contribution in [2.24, 2.45) is 0 Å². The number of anilines is 3. The lowest BCUT2D eigenvalue weighted by Crippen LogP contribution is -2.33. The van der Waals surface area contributed by atoms with E-state index in [4.69, 9.17) is 0 Å². The van der Waals surface area contributed by atoms with E-state index in [-0.39, 0.29) is 0 Å². The van der Waals surface area contributed by atoms with Crippen LogP contribution in [0.15, 0.2) is 291 Å². The molecule has 0 radical (unpaired) electrons. The summed E-state index contributed by atoms with van der Waals surface area (Å²) in [6, 6.07) is 110. The van der Waals surface area contributed by atoms with Crippen LogP contribution in [-0.2, 0) is 10.8 Å². The number of aromatic nitrogens is 1. The van der Waals surface area contributed by atoms with Crippen molar-refractivity contribution in [1.29, 1.82) is 0 Å². The van der Waals surface area contributed by atoms with Crippen LogP contribution in [-0.4, -0.2) is 4.57 Å². The molecule has 2 heterocycles. The molecule has 370 valence electrons. The highest BCUT2D eigenvalue weighted by Gasteiger charge is 2.54. The molecule has 1 aliphatic heterocycles. The maximum atomic E-state index is 2.62. The molecule has 0 amide bonds. The largest absolute Gasteiger partial charge is 0.309 e. The lowest BCUT2D eigenvalue weighted by atomic mass is 9.65. The van der Waals surface area contributed by atoms with Crippen molar-refractivity contribution in [3.05, 3.63) is 336 Å². The third kappa shape index (κ3) is 5.47. The first-order valence-electron chi connectivity index (χ1n) is 28.0. The average Bonchev–Trinajstić information content (AvgIpc) is 4.34. The lowest BCUT2D eigenvalue weighted by molar-refractivity contribution is 0.748. The summed E-state index contributed by atoms with van der Waals surface area (Å²) in [5, 5.41) is 5.00. The summed E-state index contributed by atoms with van der Waals surface area (Å²) >= 11 is 0. The molecule has 0 fully saturated rings. The Bertz CT molecular complexity index is 4900. The number of para-hydroxylation sites is 3. The van der Waals surface area contributed by atoms with Gasteiger partial charge in [0.2, 0.25) is 0 Å². The second-order valence-electron chi connectivity index (χ2n) is 22.1. The molecule has 1 aromatic heterocycles. The predicted octanol–water partition coefficient (Wildman–Crippen LogP) is 19.8. The van der Waals surface area contributed by atoms with Crippen LogP contribution in [0.25, 0.3) is 93.9 Å². The van der Waals surface area contributed by atoms with Crippen molar-refractivity contribution >= 4 is 49.6 Å². The van der Waals surface area contributed by atoms with Gasteiger partial charge in [-0.15, -0.1) is 0 Å². The maximum Gasteiger partial charge on any atom is 0.0755 e. The average molecular weight is 1010 g/mol. The SMILES string of the molecule is c1ccc(-c2ccc(-c3ccc(N(c4cccc5c4-c4ccccc4C54c5ccccc5-n5c6ccccc6c6cccc4c65)c4cc5c(c6ccccc46)-c4ccccc4C54c5ccccc5-c5ccccc54)cc3)cc2)cc1. The van der Waals surface area contributed by atoms with E-state index in [9.17, 15) is 0 Å². The van der Waals surface area contributed by atoms with Crippen LogP contribution in [0.2, 0.25) is 0 Å². The van der Waals surface area contributed by atoms with Gasteiger partial charge < -0.3 is 9.47 Å². The molecule has 18 rings (SSSR count). The molecular formula is C78H48N2. The standard InChI is InChI=1S/C78H48N2/c1-2-20-49(21-3-1)50-40-42-51(43-41-50)52-44-46-53(47-45-52)79(73-48-69-74(58-26-5-4-24-56(58)73)60-27-8-13-32-64(60)77(69)62-30-11-6-22-54(62)55-23-7-12-31-63(55)77)72-39-19-35-67-75(72)61-28-9-14-33-65(61)78(67)66-34-15-17-38-71(66)80-70-37-16-10-25-57(70)59-29-18-36-68(78)76(59)80/h1-48H. The van der Waals surface area contributed by atoms with Crippen LogP contribution in [0.3, 0.4) is 0 Å². The van der Waals surface area contributed by atoms with Crippen LogP contribution in [0, 0.1) is 0 Å². The van der Waals surface area contributed by atoms with Crippen LogP contribution in [0.1, 0.15) is 44.5 Å². The van der Waals surface area contributed by atoms with E-state index in [0.717, 1.165) is 17.1 Å². The summed E-state index contributed by atoms with van der Waals surface area (Å²) in [5.74, 6) is 0. The molecule has 0 saturated heterocycles. The first-order chi connectivity index (χ1) is 39.7. The molecule has 13 aromatic carbocycles. The third-order valence-corrected chi connectivity index (χ3v) is 18.6. The predicted molar refractivity (Wildman–Crippen MR) is 331 cm³/mol. The summed E-state index contributed by atoms with van der Waals surface area (Å²) in [4.78, 5) is 2.62. The molecule has 2 spiro atoms. The number of benzene rings is 13. The summed E-state index contributed by atoms with van der Waals surface area (Å²) in [6.45, 7) is 0. The highest BCUT2D eigenvalue weighted by atomic mass is 15.1. The zero-order valence-electron chi connectivity index (χ0n) is 43.6. The highest BCUT2D eigenvalue weighted by molar-refractivity contribution is 6.15. The Kier molecular flexibility index (Phi) is 8.83. The zero-order chi connectivity index (χ0) is 52.3. The van der Waals surface area contributed by atoms with Crippen molar-refractivity contribution in [3.63, 3.8) is 0 Å². The Morgan fingerprint density at radius 2 is 0.713 bits per heavy atom. The Labute approximate surface area is 464 Å². The molecule has 80 heavy (non-hydrogen) atoms. The quantitative estimate of drug-likeness (QED) is 0.167. The van der Waals surface area contributed by atoms with Crippen LogP contribution >= 0.6 is 0 Å². The molecule has 2 heteroatoms. The fraction of sp³-hybridized carbons (Fsp3) is 0.0256. The number of rotatable bonds is 5. The Morgan fingerprint density at radius 3 is 1.39 bits per heavy atom. The van der Waals surface area contributed by atoms with Crippen LogP contribution in [0.5, 0.6) is 0 Å². The molecule has 0 N–H and O–H groups in total. The van der Waals surface area contributed by atoms with Gasteiger partial charge in [0.05, 0.1) is 38.9 Å². The van der Waals surface area contributed by atoms with E-state index in [1.165, 1.54) is 138 Å². The Morgan fingerprint density at radius 1 is 0.263 bits per heavy atom. The topological polar surface area (TPSA) is 8.17 Å². The van der Waals surface area contributed by atoms with Crippen molar-refractivity contribution in [2.75, 3.05) is 4.90 Å². The minimum absolute atomic E-state index is 0.544. The van der Waals surface area contributed by atoms with E-state index in [2.05, 4.69) is 301 Å². The molecule has 4 aliphatic rings. The van der Waals surface area contributed by atoms with Gasteiger partial charge in [-0.3, -0.25) is 0 Å². The molecule has 1 atom stereocenters. The third-order valence-electron chi connectivity index (χ3n) is 18.6. The number of hydrogen-bond acceptors (Lipinski definition) is 1. The Hall–Kier alpha value is -10.3. The number of fused-ring (bicyclic) bond motifs is 24. The summed E-state index contributed by atoms with van der Waals surface area (Å²) in [6.07, 6.45) is 0. The van der Waals surface area contributed by atoms with Gasteiger partial charge in [0.25, 0.3) is 0 Å². The first kappa shape index (κ1) is 43.8. The molecule has 3 aliphatic carbocycles. The molecule has 1 unspecified atom stereocenters. The molecule has 0 saturated carbocycles. The molecule has 14 aromatic rings. The van der Waals surface area contributed by atoms with E-state index in [0.29, 0.717) is 0 Å². The number of nitrogens with zero attached hydrogens (tertiary/aromatic N) is 2. The van der Waals surface area contributed by atoms with E-state index in [1.54, 1.807) is 0 Å². The van der Waals surface area contributed by atoms with Gasteiger partial charge in [-0.05, 0) is 136 Å². The fourth-order valence-corrected chi connectivity index (χ4v) is 15.6. The Balaban J connectivity index is 0.938. The van der Waals surface area contributed by atoms with E-state index in [1.807, 2.05) is 0 Å². The van der Waals surface area contributed by atoms with Crippen molar-refractivity contribution < 1.29 is 0 Å². The fourth-order valence-electron chi connectivity index (χ4n) is 15.6. The normalized spacial score (nSPS) is 15.2. The summed E-state index contributed by atoms with van der Waals surface area (Å²) in [5.41, 5.74) is 29.0. The number of hydrogen-bond donors (Lipinski definition) is 0. The minimum Gasteiger partial charge on any atom is -0.309 e. The first-order valence-corrected chi connectivity index (χ1v) is 28.0. The van der Waals surface area contributed by atoms with Gasteiger partial charge in [0, 0.05) is 27.4 Å². The van der Waals surface area contributed by atoms with Gasteiger partial charge in [-0.2, -0.15) is 0 Å². The molecule has 2 nitrogen and oxygen atoms in total. The van der Waals surface area contributed by atoms with Crippen LogP contribution < -0.4 is 4.90 Å². The molecular weight excluding hydrogens is 965 g/mol. The van der Waals surface area contributed by atoms with Crippen LogP contribution in [0.4, 0.5) is 17.1 Å². The van der Waals surface area contributed by atoms with Gasteiger partial charge in [0.1, 0.15) is 0 Å². The van der Waals surface area contributed by atoms with Gasteiger partial charge in [0.15, 0.2) is 0 Å². The monoisotopic (exact) mass is 1010 g/mol. The van der Waals surface area contributed by atoms with Gasteiger partial charge in [-0.1, -0.05) is 255 Å².